The molecule has 0 radical (unpaired) electrons. The minimum absolute atomic E-state index is 0.169. The number of methoxy groups -OCH3 is 1. The van der Waals surface area contributed by atoms with E-state index in [2.05, 4.69) is 4.90 Å². The van der Waals surface area contributed by atoms with Crippen LogP contribution in [0, 0.1) is 0 Å². The second-order valence-electron chi connectivity index (χ2n) is 3.45. The SMILES string of the molecule is COC1CCN(C)C1(C)CO. The first-order chi connectivity index (χ1) is 5.15. The van der Waals surface area contributed by atoms with Gasteiger partial charge >= 0.3 is 0 Å². The Morgan fingerprint density at radius 3 is 2.73 bits per heavy atom. The van der Waals surface area contributed by atoms with E-state index in [0.29, 0.717) is 0 Å². The maximum atomic E-state index is 9.18. The smallest absolute Gasteiger partial charge is 0.0786 e. The first-order valence-electron chi connectivity index (χ1n) is 4.00. The molecule has 11 heavy (non-hydrogen) atoms. The molecule has 1 saturated heterocycles. The van der Waals surface area contributed by atoms with Crippen molar-refractivity contribution >= 4 is 0 Å². The molecule has 1 heterocycles. The minimum Gasteiger partial charge on any atom is -0.394 e. The Hall–Kier alpha value is -0.120. The number of likely N-dealkylation sites (N-methyl/N-ethyl adjacent to an activating group) is 1. The molecular formula is C8H17NO2. The van der Waals surface area contributed by atoms with Gasteiger partial charge in [-0.15, -0.1) is 0 Å². The zero-order chi connectivity index (χ0) is 8.48. The Morgan fingerprint density at radius 2 is 2.36 bits per heavy atom. The summed E-state index contributed by atoms with van der Waals surface area (Å²) < 4.78 is 5.29. The molecule has 3 heteroatoms. The standard InChI is InChI=1S/C8H17NO2/c1-8(6-10)7(11-3)4-5-9(8)2/h7,10H,4-6H2,1-3H3. The Labute approximate surface area is 68.0 Å². The van der Waals surface area contributed by atoms with Crippen molar-refractivity contribution in [2.75, 3.05) is 27.3 Å². The monoisotopic (exact) mass is 159 g/mol. The van der Waals surface area contributed by atoms with Crippen LogP contribution < -0.4 is 0 Å². The van der Waals surface area contributed by atoms with Crippen LogP contribution in [0.3, 0.4) is 0 Å². The zero-order valence-electron chi connectivity index (χ0n) is 7.50. The molecule has 2 unspecified atom stereocenters. The van der Waals surface area contributed by atoms with Crippen LogP contribution in [0.4, 0.5) is 0 Å². The molecule has 3 nitrogen and oxygen atoms in total. The van der Waals surface area contributed by atoms with Crippen molar-refractivity contribution in [3.8, 4) is 0 Å². The number of nitrogens with zero attached hydrogens (tertiary/aromatic N) is 1. The van der Waals surface area contributed by atoms with Crippen molar-refractivity contribution in [1.29, 1.82) is 0 Å². The number of rotatable bonds is 2. The first kappa shape index (κ1) is 8.97. The largest absolute Gasteiger partial charge is 0.394 e. The van der Waals surface area contributed by atoms with Crippen LogP contribution in [0.1, 0.15) is 13.3 Å². The molecule has 1 N–H and O–H groups in total. The number of aliphatic hydroxyl groups excluding tert-OH is 1. The Kier molecular flexibility index (Phi) is 2.52. The van der Waals surface area contributed by atoms with E-state index in [9.17, 15) is 5.11 Å². The van der Waals surface area contributed by atoms with Crippen LogP contribution in [-0.4, -0.2) is 49.0 Å². The average Bonchev–Trinajstić information content (AvgIpc) is 2.30. The summed E-state index contributed by atoms with van der Waals surface area (Å²) in [5.74, 6) is 0. The predicted molar refractivity (Wildman–Crippen MR) is 43.5 cm³/mol. The molecule has 2 atom stereocenters. The van der Waals surface area contributed by atoms with Gasteiger partial charge in [0.25, 0.3) is 0 Å². The molecule has 0 aromatic carbocycles. The molecule has 1 rings (SSSR count). The topological polar surface area (TPSA) is 32.7 Å². The number of likely N-dealkylation sites (tertiary alicyclic amines) is 1. The van der Waals surface area contributed by atoms with Crippen molar-refractivity contribution in [3.63, 3.8) is 0 Å². The van der Waals surface area contributed by atoms with Gasteiger partial charge in [0.05, 0.1) is 18.2 Å². The second-order valence-corrected chi connectivity index (χ2v) is 3.45. The van der Waals surface area contributed by atoms with Crippen molar-refractivity contribution in [3.05, 3.63) is 0 Å². The maximum Gasteiger partial charge on any atom is 0.0786 e. The number of hydrogen-bond acceptors (Lipinski definition) is 3. The van der Waals surface area contributed by atoms with E-state index in [-0.39, 0.29) is 18.2 Å². The molecule has 1 aliphatic heterocycles. The molecule has 0 saturated carbocycles. The highest BCUT2D eigenvalue weighted by molar-refractivity contribution is 4.97. The highest BCUT2D eigenvalue weighted by atomic mass is 16.5. The van der Waals surface area contributed by atoms with E-state index in [1.165, 1.54) is 0 Å². The van der Waals surface area contributed by atoms with Gasteiger partial charge in [0, 0.05) is 13.7 Å². The van der Waals surface area contributed by atoms with Crippen LogP contribution in [-0.2, 0) is 4.74 Å². The Bertz CT molecular complexity index is 140. The minimum atomic E-state index is -0.172. The summed E-state index contributed by atoms with van der Waals surface area (Å²) in [6, 6.07) is 0. The van der Waals surface area contributed by atoms with Gasteiger partial charge in [-0.3, -0.25) is 4.90 Å². The van der Waals surface area contributed by atoms with Crippen LogP contribution in [0.15, 0.2) is 0 Å². The molecular weight excluding hydrogens is 142 g/mol. The Morgan fingerprint density at radius 1 is 1.73 bits per heavy atom. The maximum absolute atomic E-state index is 9.18. The lowest BCUT2D eigenvalue weighted by molar-refractivity contribution is -0.0154. The van der Waals surface area contributed by atoms with Crippen molar-refractivity contribution in [1.82, 2.24) is 4.90 Å². The molecule has 66 valence electrons. The molecule has 0 spiro atoms. The van der Waals surface area contributed by atoms with E-state index in [1.54, 1.807) is 7.11 Å². The third-order valence-corrected chi connectivity index (χ3v) is 2.90. The summed E-state index contributed by atoms with van der Waals surface area (Å²) >= 11 is 0. The summed E-state index contributed by atoms with van der Waals surface area (Å²) in [6.45, 7) is 3.21. The van der Waals surface area contributed by atoms with Crippen LogP contribution in [0.2, 0.25) is 0 Å². The zero-order valence-corrected chi connectivity index (χ0v) is 7.50. The van der Waals surface area contributed by atoms with Crippen molar-refractivity contribution in [2.24, 2.45) is 0 Å². The molecule has 0 amide bonds. The quantitative estimate of drug-likeness (QED) is 0.619. The third-order valence-electron chi connectivity index (χ3n) is 2.90. The van der Waals surface area contributed by atoms with Gasteiger partial charge in [0.2, 0.25) is 0 Å². The van der Waals surface area contributed by atoms with Gasteiger partial charge in [-0.2, -0.15) is 0 Å². The summed E-state index contributed by atoms with van der Waals surface area (Å²) in [6.07, 6.45) is 1.20. The molecule has 0 aliphatic carbocycles. The van der Waals surface area contributed by atoms with Gasteiger partial charge < -0.3 is 9.84 Å². The van der Waals surface area contributed by atoms with Gasteiger partial charge in [-0.25, -0.2) is 0 Å². The molecule has 0 aromatic heterocycles. The van der Waals surface area contributed by atoms with E-state index in [1.807, 2.05) is 14.0 Å². The van der Waals surface area contributed by atoms with E-state index in [0.717, 1.165) is 13.0 Å². The lowest BCUT2D eigenvalue weighted by Gasteiger charge is -2.34. The fourth-order valence-corrected chi connectivity index (χ4v) is 1.72. The predicted octanol–water partition coefficient (Wildman–Crippen LogP) is 0.0879. The summed E-state index contributed by atoms with van der Waals surface area (Å²) in [7, 11) is 3.73. The van der Waals surface area contributed by atoms with Gasteiger partial charge in [0.1, 0.15) is 0 Å². The normalized spacial score (nSPS) is 39.8. The molecule has 1 fully saturated rings. The van der Waals surface area contributed by atoms with E-state index in [4.69, 9.17) is 4.74 Å². The van der Waals surface area contributed by atoms with Gasteiger partial charge in [-0.05, 0) is 20.4 Å². The number of ether oxygens (including phenoxy) is 1. The number of aliphatic hydroxyl groups is 1. The van der Waals surface area contributed by atoms with Crippen LogP contribution >= 0.6 is 0 Å². The molecule has 0 bridgehead atoms. The lowest BCUT2D eigenvalue weighted by atomic mass is 9.97. The summed E-state index contributed by atoms with van der Waals surface area (Å²) in [5.41, 5.74) is -0.172. The molecule has 1 aliphatic rings. The van der Waals surface area contributed by atoms with E-state index >= 15 is 0 Å². The van der Waals surface area contributed by atoms with Crippen LogP contribution in [0.25, 0.3) is 0 Å². The Balaban J connectivity index is 2.70. The highest BCUT2D eigenvalue weighted by Crippen LogP contribution is 2.28. The van der Waals surface area contributed by atoms with Gasteiger partial charge in [0.15, 0.2) is 0 Å². The van der Waals surface area contributed by atoms with Crippen molar-refractivity contribution < 1.29 is 9.84 Å². The first-order valence-corrected chi connectivity index (χ1v) is 4.00. The molecule has 0 aromatic rings. The average molecular weight is 159 g/mol. The number of hydrogen-bond donors (Lipinski definition) is 1. The third kappa shape index (κ3) is 1.28. The fourth-order valence-electron chi connectivity index (χ4n) is 1.72. The summed E-state index contributed by atoms with van der Waals surface area (Å²) in [5, 5.41) is 9.18. The van der Waals surface area contributed by atoms with Gasteiger partial charge in [-0.1, -0.05) is 0 Å². The fraction of sp³-hybridized carbons (Fsp3) is 1.00. The van der Waals surface area contributed by atoms with Crippen molar-refractivity contribution in [2.45, 2.75) is 25.0 Å². The van der Waals surface area contributed by atoms with Crippen LogP contribution in [0.5, 0.6) is 0 Å². The lowest BCUT2D eigenvalue weighted by Crippen LogP contribution is -2.49. The van der Waals surface area contributed by atoms with E-state index < -0.39 is 0 Å². The summed E-state index contributed by atoms with van der Waals surface area (Å²) in [4.78, 5) is 2.15. The highest BCUT2D eigenvalue weighted by Gasteiger charge is 2.42. The second kappa shape index (κ2) is 3.09.